The second kappa shape index (κ2) is 10.5. The van der Waals surface area contributed by atoms with E-state index < -0.39 is 10.8 Å². The predicted octanol–water partition coefficient (Wildman–Crippen LogP) is 12.2. The highest BCUT2D eigenvalue weighted by molar-refractivity contribution is 5.96. The summed E-state index contributed by atoms with van der Waals surface area (Å²) in [5, 5.41) is 0. The van der Waals surface area contributed by atoms with Gasteiger partial charge in [-0.25, -0.2) is 0 Å². The molecular formula is C50H33N. The van der Waals surface area contributed by atoms with Crippen molar-refractivity contribution in [1.82, 2.24) is 0 Å². The van der Waals surface area contributed by atoms with Crippen molar-refractivity contribution in [3.8, 4) is 22.3 Å². The molecule has 51 heavy (non-hydrogen) atoms. The summed E-state index contributed by atoms with van der Waals surface area (Å²) in [7, 11) is 0. The van der Waals surface area contributed by atoms with Gasteiger partial charge in [-0.15, -0.1) is 0 Å². The minimum Gasteiger partial charge on any atom is -0.310 e. The van der Waals surface area contributed by atoms with E-state index in [1.807, 2.05) is 0 Å². The Morgan fingerprint density at radius 3 is 1.04 bits per heavy atom. The largest absolute Gasteiger partial charge is 0.310 e. The molecule has 3 aliphatic rings. The molecule has 11 rings (SSSR count). The topological polar surface area (TPSA) is 3.24 Å². The summed E-state index contributed by atoms with van der Waals surface area (Å²) in [6.45, 7) is 0. The van der Waals surface area contributed by atoms with Gasteiger partial charge in [0.2, 0.25) is 0 Å². The highest BCUT2D eigenvalue weighted by Gasteiger charge is 2.60. The van der Waals surface area contributed by atoms with Gasteiger partial charge < -0.3 is 4.90 Å². The third kappa shape index (κ3) is 3.50. The van der Waals surface area contributed by atoms with Crippen molar-refractivity contribution in [3.63, 3.8) is 0 Å². The molecule has 0 saturated heterocycles. The molecule has 1 heteroatoms. The lowest BCUT2D eigenvalue weighted by molar-refractivity contribution is 0.633. The van der Waals surface area contributed by atoms with Gasteiger partial charge in [-0.1, -0.05) is 170 Å². The molecule has 2 spiro atoms. The summed E-state index contributed by atoms with van der Waals surface area (Å²) < 4.78 is 0. The average molecular weight is 648 g/mol. The van der Waals surface area contributed by atoms with Crippen LogP contribution in [0.3, 0.4) is 0 Å². The SMILES string of the molecule is c1ccc(N(c2ccccc2)c2cccc3c2C2(c4ccccc4-c4ccccc42)c2ccccc2C32c3ccccc3-c3ccccc32)cc1. The molecule has 0 saturated carbocycles. The van der Waals surface area contributed by atoms with Gasteiger partial charge in [0, 0.05) is 16.9 Å². The lowest BCUT2D eigenvalue weighted by Gasteiger charge is -2.50. The molecule has 0 atom stereocenters. The van der Waals surface area contributed by atoms with Gasteiger partial charge >= 0.3 is 0 Å². The average Bonchev–Trinajstić information content (AvgIpc) is 3.67. The zero-order valence-corrected chi connectivity index (χ0v) is 28.0. The molecule has 0 heterocycles. The lowest BCUT2D eigenvalue weighted by Crippen LogP contribution is -2.44. The Labute approximate surface area is 298 Å². The number of nitrogens with zero attached hydrogens (tertiary/aromatic N) is 1. The number of fused-ring (bicyclic) bond motifs is 16. The van der Waals surface area contributed by atoms with Gasteiger partial charge in [0.05, 0.1) is 16.5 Å². The molecule has 0 fully saturated rings. The standard InChI is InChI=1S/C50H33N/c1-3-18-34(19-4-1)51(35-20-5-2-6-21-35)47-33-17-32-46-48(47)50(42-28-13-9-24-38(42)39-25-10-14-29-43(39)50)45-31-16-15-30-44(45)49(46)40-26-11-7-22-36(40)37-23-8-12-27-41(37)49/h1-33H. The first kappa shape index (κ1) is 28.4. The Balaban J connectivity index is 1.39. The summed E-state index contributed by atoms with van der Waals surface area (Å²) >= 11 is 0. The molecule has 0 aromatic heterocycles. The molecule has 0 radical (unpaired) electrons. The predicted molar refractivity (Wildman–Crippen MR) is 209 cm³/mol. The molecule has 0 unspecified atom stereocenters. The van der Waals surface area contributed by atoms with Crippen molar-refractivity contribution in [2.75, 3.05) is 4.90 Å². The van der Waals surface area contributed by atoms with Crippen molar-refractivity contribution in [2.24, 2.45) is 0 Å². The lowest BCUT2D eigenvalue weighted by atomic mass is 9.52. The summed E-state index contributed by atoms with van der Waals surface area (Å²) in [5.74, 6) is 0. The van der Waals surface area contributed by atoms with Gasteiger partial charge in [-0.2, -0.15) is 0 Å². The number of anilines is 3. The van der Waals surface area contributed by atoms with Crippen LogP contribution in [-0.4, -0.2) is 0 Å². The van der Waals surface area contributed by atoms with E-state index in [0.717, 1.165) is 11.4 Å². The molecule has 0 bridgehead atoms. The zero-order chi connectivity index (χ0) is 33.6. The Morgan fingerprint density at radius 2 is 0.588 bits per heavy atom. The zero-order valence-electron chi connectivity index (χ0n) is 28.0. The van der Waals surface area contributed by atoms with E-state index in [9.17, 15) is 0 Å². The summed E-state index contributed by atoms with van der Waals surface area (Å²) in [4.78, 5) is 2.48. The Morgan fingerprint density at radius 1 is 0.255 bits per heavy atom. The van der Waals surface area contributed by atoms with Gasteiger partial charge in [-0.05, 0) is 91.5 Å². The number of hydrogen-bond acceptors (Lipinski definition) is 1. The van der Waals surface area contributed by atoms with Crippen LogP contribution in [0.25, 0.3) is 22.3 Å². The highest BCUT2D eigenvalue weighted by Crippen LogP contribution is 2.69. The second-order valence-corrected chi connectivity index (χ2v) is 13.9. The van der Waals surface area contributed by atoms with Crippen molar-refractivity contribution in [1.29, 1.82) is 0 Å². The van der Waals surface area contributed by atoms with E-state index in [1.165, 1.54) is 72.4 Å². The smallest absolute Gasteiger partial charge is 0.0740 e. The van der Waals surface area contributed by atoms with Crippen LogP contribution in [0.4, 0.5) is 17.1 Å². The molecule has 3 aliphatic carbocycles. The number of benzene rings is 8. The maximum absolute atomic E-state index is 2.48. The van der Waals surface area contributed by atoms with Crippen LogP contribution in [-0.2, 0) is 10.8 Å². The van der Waals surface area contributed by atoms with Crippen molar-refractivity contribution >= 4 is 17.1 Å². The monoisotopic (exact) mass is 647 g/mol. The van der Waals surface area contributed by atoms with Crippen LogP contribution in [0.15, 0.2) is 200 Å². The van der Waals surface area contributed by atoms with Crippen LogP contribution < -0.4 is 4.90 Å². The number of rotatable bonds is 3. The van der Waals surface area contributed by atoms with E-state index in [2.05, 4.69) is 205 Å². The Hall–Kier alpha value is -6.44. The fraction of sp³-hybridized carbons (Fsp3) is 0.0400. The van der Waals surface area contributed by atoms with Gasteiger partial charge in [0.15, 0.2) is 0 Å². The first-order chi connectivity index (χ1) is 25.3. The highest BCUT2D eigenvalue weighted by atomic mass is 15.1. The van der Waals surface area contributed by atoms with Crippen molar-refractivity contribution < 1.29 is 0 Å². The Bertz CT molecular complexity index is 2520. The summed E-state index contributed by atoms with van der Waals surface area (Å²) in [6.07, 6.45) is 0. The van der Waals surface area contributed by atoms with Crippen LogP contribution >= 0.6 is 0 Å². The Kier molecular flexibility index (Phi) is 5.86. The fourth-order valence-electron chi connectivity index (χ4n) is 10.0. The summed E-state index contributed by atoms with van der Waals surface area (Å²) in [6, 6.07) is 74.7. The number of hydrogen-bond donors (Lipinski definition) is 0. The van der Waals surface area contributed by atoms with Gasteiger partial charge in [-0.3, -0.25) is 0 Å². The molecular weight excluding hydrogens is 615 g/mol. The third-order valence-electron chi connectivity index (χ3n) is 11.7. The van der Waals surface area contributed by atoms with E-state index in [4.69, 9.17) is 0 Å². The molecule has 0 N–H and O–H groups in total. The van der Waals surface area contributed by atoms with Gasteiger partial charge in [0.1, 0.15) is 0 Å². The van der Waals surface area contributed by atoms with Crippen LogP contribution in [0.2, 0.25) is 0 Å². The molecule has 8 aromatic rings. The molecule has 238 valence electrons. The van der Waals surface area contributed by atoms with E-state index in [-0.39, 0.29) is 0 Å². The van der Waals surface area contributed by atoms with Crippen LogP contribution in [0.5, 0.6) is 0 Å². The fourth-order valence-corrected chi connectivity index (χ4v) is 10.0. The normalized spacial score (nSPS) is 14.6. The summed E-state index contributed by atoms with van der Waals surface area (Å²) in [5.41, 5.74) is 18.3. The minimum atomic E-state index is -0.574. The van der Waals surface area contributed by atoms with Crippen LogP contribution in [0.1, 0.15) is 44.5 Å². The van der Waals surface area contributed by atoms with Gasteiger partial charge in [0.25, 0.3) is 0 Å². The maximum atomic E-state index is 2.48. The molecule has 1 nitrogen and oxygen atoms in total. The van der Waals surface area contributed by atoms with E-state index in [0.29, 0.717) is 0 Å². The van der Waals surface area contributed by atoms with Crippen molar-refractivity contribution in [2.45, 2.75) is 10.8 Å². The second-order valence-electron chi connectivity index (χ2n) is 13.9. The van der Waals surface area contributed by atoms with E-state index in [1.54, 1.807) is 0 Å². The molecule has 0 aliphatic heterocycles. The minimum absolute atomic E-state index is 0.522. The first-order valence-corrected chi connectivity index (χ1v) is 17.9. The quantitative estimate of drug-likeness (QED) is 0.184. The van der Waals surface area contributed by atoms with E-state index >= 15 is 0 Å². The number of para-hydroxylation sites is 2. The molecule has 8 aromatic carbocycles. The maximum Gasteiger partial charge on any atom is 0.0740 e. The first-order valence-electron chi connectivity index (χ1n) is 17.9. The van der Waals surface area contributed by atoms with Crippen LogP contribution in [0, 0.1) is 0 Å². The van der Waals surface area contributed by atoms with Crippen molar-refractivity contribution in [3.05, 3.63) is 245 Å². The third-order valence-corrected chi connectivity index (χ3v) is 11.7. The molecule has 0 amide bonds.